The van der Waals surface area contributed by atoms with E-state index in [0.717, 1.165) is 0 Å². The lowest BCUT2D eigenvalue weighted by Gasteiger charge is -1.59. The largest absolute Gasteiger partial charge is 0.323 e. The van der Waals surface area contributed by atoms with E-state index in [1.807, 2.05) is 0 Å². The Bertz CT molecular complexity index is 42.7. The van der Waals surface area contributed by atoms with Crippen LogP contribution in [0.3, 0.4) is 0 Å². The number of rotatable bonds is 0. The van der Waals surface area contributed by atoms with Gasteiger partial charge in [0.1, 0.15) is 0 Å². The average molecular weight is 84.6 g/mol. The van der Waals surface area contributed by atoms with Crippen LogP contribution < -0.4 is 5.32 Å². The maximum atomic E-state index is 6.40. The van der Waals surface area contributed by atoms with Crippen molar-refractivity contribution in [2.75, 3.05) is 14.0 Å². The fourth-order valence-corrected chi connectivity index (χ4v) is 0. The van der Waals surface area contributed by atoms with Crippen LogP contribution in [0.4, 0.5) is 0 Å². The fourth-order valence-electron chi connectivity index (χ4n) is 0. The normalized spacial score (nSPS) is 18.8. The van der Waals surface area contributed by atoms with Crippen molar-refractivity contribution in [1.82, 2.24) is 5.32 Å². The highest BCUT2D eigenvalue weighted by atomic mass is 35.5. The second-order valence-corrected chi connectivity index (χ2v) is 0.250. The summed E-state index contributed by atoms with van der Waals surface area (Å²) in [4.78, 5) is 0. The van der Waals surface area contributed by atoms with Crippen LogP contribution in [0.2, 0.25) is 0 Å². The molecule has 0 bridgehead atoms. The minimum absolute atomic E-state index is 0. The molecule has 0 spiro atoms. The maximum Gasteiger partial charge on any atom is 0.0391 e. The second-order valence-electron chi connectivity index (χ2n) is 0.250. The molecule has 0 aliphatic rings. The molecule has 0 amide bonds. The molecule has 0 rings (SSSR count). The van der Waals surface area contributed by atoms with Gasteiger partial charge >= 0.3 is 0 Å². The lowest BCUT2D eigenvalue weighted by atomic mass is 11.3. The summed E-state index contributed by atoms with van der Waals surface area (Å²) in [6, 6.07) is 0. The molecule has 0 aromatic rings. The molecule has 0 atom stereocenters. The standard InChI is InChI=1S/C2H7N.ClH/c1-3-2;/h3H,1-2H3;1H/i1D3;. The van der Waals surface area contributed by atoms with Crippen LogP contribution in [-0.2, 0) is 0 Å². The van der Waals surface area contributed by atoms with Gasteiger partial charge in [0.15, 0.2) is 0 Å². The molecule has 0 aliphatic carbocycles. The van der Waals surface area contributed by atoms with E-state index in [1.54, 1.807) is 0 Å². The van der Waals surface area contributed by atoms with Crippen molar-refractivity contribution < 1.29 is 4.11 Å². The Morgan fingerprint density at radius 2 is 2.25 bits per heavy atom. The van der Waals surface area contributed by atoms with Gasteiger partial charge in [-0.1, -0.05) is 0 Å². The topological polar surface area (TPSA) is 12.0 Å². The predicted molar refractivity (Wildman–Crippen MR) is 22.2 cm³/mol. The van der Waals surface area contributed by atoms with Crippen LogP contribution in [0.5, 0.6) is 0 Å². The first-order valence-electron chi connectivity index (χ1n) is 2.25. The van der Waals surface area contributed by atoms with Crippen molar-refractivity contribution in [3.05, 3.63) is 0 Å². The SMILES string of the molecule is Cl.[2H]C([2H])([2H])NC. The molecule has 1 N–H and O–H groups in total. The van der Waals surface area contributed by atoms with E-state index in [-0.39, 0.29) is 12.4 Å². The Balaban J connectivity index is 0. The zero-order valence-electron chi connectivity index (χ0n) is 5.41. The first-order valence-corrected chi connectivity index (χ1v) is 0.750. The molecule has 0 heterocycles. The smallest absolute Gasteiger partial charge is 0.0391 e. The first kappa shape index (κ1) is 1.63. The molecule has 28 valence electrons. The van der Waals surface area contributed by atoms with Gasteiger partial charge in [-0.05, 0) is 14.0 Å². The molecule has 0 unspecified atom stereocenters. The van der Waals surface area contributed by atoms with E-state index in [0.29, 0.717) is 0 Å². The summed E-state index contributed by atoms with van der Waals surface area (Å²) in [7, 11) is 1.40. The summed E-state index contributed by atoms with van der Waals surface area (Å²) in [5.41, 5.74) is 0. The van der Waals surface area contributed by atoms with Crippen molar-refractivity contribution in [3.63, 3.8) is 0 Å². The molecule has 0 fully saturated rings. The highest BCUT2D eigenvalue weighted by molar-refractivity contribution is 5.85. The highest BCUT2D eigenvalue weighted by Crippen LogP contribution is 0.981. The third kappa shape index (κ3) is 56.3. The van der Waals surface area contributed by atoms with Crippen LogP contribution in [0.25, 0.3) is 0 Å². The van der Waals surface area contributed by atoms with Crippen LogP contribution in [-0.4, -0.2) is 14.0 Å². The number of hydrogen-bond donors (Lipinski definition) is 1. The van der Waals surface area contributed by atoms with Crippen LogP contribution >= 0.6 is 12.4 Å². The monoisotopic (exact) mass is 84.1 g/mol. The third-order valence-electron chi connectivity index (χ3n) is 0. The third-order valence-corrected chi connectivity index (χ3v) is 0. The van der Waals surface area contributed by atoms with Crippen molar-refractivity contribution in [1.29, 1.82) is 0 Å². The molecular weight excluding hydrogens is 73.5 g/mol. The van der Waals surface area contributed by atoms with Crippen LogP contribution in [0.1, 0.15) is 4.11 Å². The van der Waals surface area contributed by atoms with Gasteiger partial charge in [-0.15, -0.1) is 12.4 Å². The molecule has 0 saturated heterocycles. The van der Waals surface area contributed by atoms with Crippen molar-refractivity contribution in [3.8, 4) is 0 Å². The molecular formula is C2H8ClN. The Labute approximate surface area is 37.0 Å². The highest BCUT2D eigenvalue weighted by Gasteiger charge is 1.25. The van der Waals surface area contributed by atoms with E-state index in [4.69, 9.17) is 4.11 Å². The molecule has 0 aliphatic heterocycles. The van der Waals surface area contributed by atoms with E-state index in [1.165, 1.54) is 7.05 Å². The summed E-state index contributed by atoms with van der Waals surface area (Å²) >= 11 is 0. The minimum atomic E-state index is -1.96. The number of nitrogens with one attached hydrogen (secondary N) is 1. The quantitative estimate of drug-likeness (QED) is 0.444. The molecule has 0 saturated carbocycles. The van der Waals surface area contributed by atoms with Crippen LogP contribution in [0, 0.1) is 0 Å². The summed E-state index contributed by atoms with van der Waals surface area (Å²) in [5.74, 6) is 0. The summed E-state index contributed by atoms with van der Waals surface area (Å²) in [6.45, 7) is -1.96. The summed E-state index contributed by atoms with van der Waals surface area (Å²) in [5, 5.41) is 2.10. The lowest BCUT2D eigenvalue weighted by molar-refractivity contribution is 1.02. The molecule has 0 radical (unpaired) electrons. The Morgan fingerprint density at radius 3 is 2.25 bits per heavy atom. The van der Waals surface area contributed by atoms with Gasteiger partial charge in [-0.3, -0.25) is 0 Å². The Hall–Kier alpha value is 0.250. The number of hydrogen-bond acceptors (Lipinski definition) is 1. The van der Waals surface area contributed by atoms with Gasteiger partial charge in [0.2, 0.25) is 0 Å². The molecule has 2 heteroatoms. The molecule has 1 nitrogen and oxygen atoms in total. The summed E-state index contributed by atoms with van der Waals surface area (Å²) in [6.07, 6.45) is 0. The zero-order valence-corrected chi connectivity index (χ0v) is 3.22. The van der Waals surface area contributed by atoms with E-state index >= 15 is 0 Å². The zero-order chi connectivity index (χ0) is 5.21. The van der Waals surface area contributed by atoms with E-state index in [9.17, 15) is 0 Å². The van der Waals surface area contributed by atoms with Gasteiger partial charge in [0.25, 0.3) is 0 Å². The second kappa shape index (κ2) is 10.5. The Kier molecular flexibility index (Phi) is 4.29. The van der Waals surface area contributed by atoms with Gasteiger partial charge in [-0.2, -0.15) is 0 Å². The minimum Gasteiger partial charge on any atom is -0.323 e. The fraction of sp³-hybridized carbons (Fsp3) is 1.00. The lowest BCUT2D eigenvalue weighted by Crippen LogP contribution is -1.89. The van der Waals surface area contributed by atoms with Gasteiger partial charge in [-0.25, -0.2) is 0 Å². The molecule has 4 heavy (non-hydrogen) atoms. The van der Waals surface area contributed by atoms with Gasteiger partial charge in [0.05, 0.1) is 0 Å². The van der Waals surface area contributed by atoms with Crippen molar-refractivity contribution in [2.45, 2.75) is 0 Å². The van der Waals surface area contributed by atoms with Crippen molar-refractivity contribution in [2.24, 2.45) is 0 Å². The van der Waals surface area contributed by atoms with Gasteiger partial charge < -0.3 is 5.32 Å². The van der Waals surface area contributed by atoms with Gasteiger partial charge in [0, 0.05) is 4.11 Å². The van der Waals surface area contributed by atoms with Crippen LogP contribution in [0.15, 0.2) is 0 Å². The molecule has 0 aromatic heterocycles. The first-order chi connectivity index (χ1) is 2.56. The summed E-state index contributed by atoms with van der Waals surface area (Å²) < 4.78 is 19.2. The van der Waals surface area contributed by atoms with E-state index in [2.05, 4.69) is 5.32 Å². The predicted octanol–water partition coefficient (Wildman–Crippen LogP) is 0.257. The van der Waals surface area contributed by atoms with Crippen molar-refractivity contribution >= 4 is 12.4 Å². The number of halogens is 1. The maximum absolute atomic E-state index is 6.40. The Morgan fingerprint density at radius 1 is 2.00 bits per heavy atom. The average Bonchev–Trinajstić information content (AvgIpc) is 1.35. The van der Waals surface area contributed by atoms with E-state index < -0.39 is 6.98 Å². The molecule has 0 aromatic carbocycles.